The molecule has 5 nitrogen and oxygen atoms in total. The molecule has 0 radical (unpaired) electrons. The maximum atomic E-state index is 8.15. The van der Waals surface area contributed by atoms with Gasteiger partial charge in [-0.1, -0.05) is 85.4 Å². The molecule has 244 valence electrons. The first kappa shape index (κ1) is 27.9. The van der Waals surface area contributed by atoms with Crippen LogP contribution in [0.15, 0.2) is 103 Å². The van der Waals surface area contributed by atoms with E-state index in [1.165, 1.54) is 15.7 Å². The molecular weight excluding hydrogens is 782 g/mol. The van der Waals surface area contributed by atoms with Gasteiger partial charge < -0.3 is 18.3 Å². The van der Waals surface area contributed by atoms with Crippen molar-refractivity contribution in [2.24, 2.45) is 6.98 Å². The fourth-order valence-electron chi connectivity index (χ4n) is 7.06. The number of imidazole rings is 1. The second kappa shape index (κ2) is 11.3. The van der Waals surface area contributed by atoms with Crippen LogP contribution in [0.2, 0.25) is 0 Å². The summed E-state index contributed by atoms with van der Waals surface area (Å²) in [6, 6.07) is 42.3. The van der Waals surface area contributed by atoms with Gasteiger partial charge in [0.2, 0.25) is 6.33 Å². The van der Waals surface area contributed by atoms with Gasteiger partial charge in [0.1, 0.15) is 11.3 Å². The second-order valence-electron chi connectivity index (χ2n) is 13.8. The molecule has 0 unspecified atom stereocenters. The molecule has 4 aromatic heterocycles. The molecule has 0 aliphatic carbocycles. The summed E-state index contributed by atoms with van der Waals surface area (Å²) >= 11 is 0. The molecule has 0 fully saturated rings. The fraction of sp³-hybridized carbons (Fsp3) is 0.163. The minimum absolute atomic E-state index is 0. The van der Waals surface area contributed by atoms with Crippen molar-refractivity contribution in [3.05, 3.63) is 138 Å². The molecule has 0 aliphatic rings. The van der Waals surface area contributed by atoms with Crippen LogP contribution >= 0.6 is 0 Å². The number of nitrogens with zero attached hydrogens (tertiary/aromatic N) is 5. The van der Waals surface area contributed by atoms with Crippen LogP contribution in [0.3, 0.4) is 0 Å². The molecule has 6 heteroatoms. The molecule has 0 aliphatic heterocycles. The molecule has 0 amide bonds. The molecule has 0 saturated heterocycles. The number of fused-ring (bicyclic) bond motifs is 7. The van der Waals surface area contributed by atoms with E-state index in [1.54, 1.807) is 10.6 Å². The molecule has 0 bridgehead atoms. The summed E-state index contributed by atoms with van der Waals surface area (Å²) in [6.45, 7) is 8.54. The van der Waals surface area contributed by atoms with Gasteiger partial charge in [0.15, 0.2) is 0 Å². The predicted molar refractivity (Wildman–Crippen MR) is 196 cm³/mol. The van der Waals surface area contributed by atoms with Gasteiger partial charge in [-0.25, -0.2) is 4.98 Å². The molecule has 0 spiro atoms. The van der Waals surface area contributed by atoms with Crippen LogP contribution in [-0.2, 0) is 33.5 Å². The van der Waals surface area contributed by atoms with E-state index >= 15 is 0 Å². The summed E-state index contributed by atoms with van der Waals surface area (Å²) < 4.78 is 31.8. The summed E-state index contributed by atoms with van der Waals surface area (Å²) in [5.74, 6) is 0. The van der Waals surface area contributed by atoms with Crippen LogP contribution in [0.4, 0.5) is 0 Å². The topological polar surface area (TPSA) is 31.6 Å². The van der Waals surface area contributed by atoms with Gasteiger partial charge in [0.25, 0.3) is 0 Å². The number of aromatic nitrogens is 5. The summed E-state index contributed by atoms with van der Waals surface area (Å²) in [7, 11) is 0. The third kappa shape index (κ3) is 4.86. The third-order valence-electron chi connectivity index (χ3n) is 9.48. The van der Waals surface area contributed by atoms with Gasteiger partial charge in [-0.2, -0.15) is 42.0 Å². The molecule has 4 heterocycles. The predicted octanol–water partition coefficient (Wildman–Crippen LogP) is 9.36. The Morgan fingerprint density at radius 2 is 1.33 bits per heavy atom. The first-order valence-electron chi connectivity index (χ1n) is 17.7. The minimum Gasteiger partial charge on any atom is -0.342 e. The third-order valence-corrected chi connectivity index (χ3v) is 9.48. The Morgan fingerprint density at radius 3 is 2.00 bits per heavy atom. The van der Waals surface area contributed by atoms with Crippen molar-refractivity contribution >= 4 is 54.9 Å². The Morgan fingerprint density at radius 1 is 0.673 bits per heavy atom. The minimum atomic E-state index is -2.39. The molecule has 5 aromatic carbocycles. The number of pyridine rings is 1. The molecule has 0 saturated carbocycles. The van der Waals surface area contributed by atoms with Gasteiger partial charge in [0, 0.05) is 42.6 Å². The SMILES string of the molecule is [2H]C([2H])([2H])[n+]1[c-]n(-c2[c-]c(-n3c4ccc(C)cc4c4cc5c6cc(C)ccc6n(-c6[c-]ccc(C(C)(C)C)c6)c5nc43)ccc2)c2ccccc21.[Pt]. The van der Waals surface area contributed by atoms with Crippen LogP contribution < -0.4 is 4.57 Å². The van der Waals surface area contributed by atoms with E-state index in [0.717, 1.165) is 66.3 Å². The van der Waals surface area contributed by atoms with Crippen molar-refractivity contribution in [2.75, 3.05) is 0 Å². The molecule has 9 rings (SSSR count). The zero-order valence-corrected chi connectivity index (χ0v) is 30.1. The quantitative estimate of drug-likeness (QED) is 0.129. The van der Waals surface area contributed by atoms with Crippen molar-refractivity contribution < 1.29 is 29.7 Å². The van der Waals surface area contributed by atoms with Crippen molar-refractivity contribution in [1.29, 1.82) is 0 Å². The van der Waals surface area contributed by atoms with E-state index in [-0.39, 0.29) is 26.5 Å². The summed E-state index contributed by atoms with van der Waals surface area (Å²) in [5, 5.41) is 4.38. The van der Waals surface area contributed by atoms with E-state index in [4.69, 9.17) is 9.10 Å². The zero-order valence-electron chi connectivity index (χ0n) is 30.9. The average Bonchev–Trinajstić information content (AvgIpc) is 3.74. The van der Waals surface area contributed by atoms with Crippen molar-refractivity contribution in [3.63, 3.8) is 0 Å². The zero-order chi connectivity index (χ0) is 35.4. The number of aryl methyl sites for hydroxylation is 3. The summed E-state index contributed by atoms with van der Waals surface area (Å²) in [5.41, 5.74) is 11.0. The maximum absolute atomic E-state index is 8.15. The number of benzene rings is 5. The van der Waals surface area contributed by atoms with Crippen LogP contribution in [0, 0.1) is 32.3 Å². The smallest absolute Gasteiger partial charge is 0.242 e. The van der Waals surface area contributed by atoms with E-state index in [1.807, 2.05) is 42.5 Å². The molecule has 0 N–H and O–H groups in total. The number of rotatable bonds is 3. The number of hydrogen-bond donors (Lipinski definition) is 0. The van der Waals surface area contributed by atoms with Crippen LogP contribution in [-0.4, -0.2) is 18.7 Å². The Labute approximate surface area is 304 Å². The molecular formula is C43H35N5Pt-2. The monoisotopic (exact) mass is 819 g/mol. The largest absolute Gasteiger partial charge is 0.342 e. The van der Waals surface area contributed by atoms with E-state index in [0.29, 0.717) is 11.2 Å². The van der Waals surface area contributed by atoms with Gasteiger partial charge in [0.05, 0.1) is 33.2 Å². The standard InChI is InChI=1S/C43H35N5.Pt/c1-27-17-19-37-33(21-27)35-25-36-34-22-28(2)18-20-38(34)48(42(36)44-41(35)47(37)31-13-9-11-29(23-31)43(3,4)5)32-14-10-12-30(24-32)46-26-45(6)39-15-7-8-16-40(39)46;/h7-12,14-23,25H,1-6H3;/q-2;/i6D3;. The van der Waals surface area contributed by atoms with E-state index in [2.05, 4.69) is 117 Å². The Balaban J connectivity index is 0.00000387. The first-order valence-corrected chi connectivity index (χ1v) is 16.2. The van der Waals surface area contributed by atoms with Crippen molar-refractivity contribution in [1.82, 2.24) is 18.7 Å². The Kier molecular flexibility index (Phi) is 6.43. The molecule has 9 aromatic rings. The molecule has 0 atom stereocenters. The van der Waals surface area contributed by atoms with Crippen LogP contribution in [0.5, 0.6) is 0 Å². The van der Waals surface area contributed by atoms with Gasteiger partial charge >= 0.3 is 0 Å². The van der Waals surface area contributed by atoms with Crippen LogP contribution in [0.1, 0.15) is 41.6 Å². The van der Waals surface area contributed by atoms with E-state index in [9.17, 15) is 0 Å². The molecule has 49 heavy (non-hydrogen) atoms. The average molecular weight is 820 g/mol. The van der Waals surface area contributed by atoms with Crippen molar-refractivity contribution in [3.8, 4) is 17.1 Å². The maximum Gasteiger partial charge on any atom is 0.242 e. The van der Waals surface area contributed by atoms with Gasteiger partial charge in [-0.15, -0.1) is 12.1 Å². The Bertz CT molecular complexity index is 2870. The Hall–Kier alpha value is -4.99. The van der Waals surface area contributed by atoms with E-state index < -0.39 is 6.98 Å². The van der Waals surface area contributed by atoms with Crippen LogP contribution in [0.25, 0.3) is 72.0 Å². The number of para-hydroxylation sites is 2. The second-order valence-corrected chi connectivity index (χ2v) is 13.8. The van der Waals surface area contributed by atoms with Gasteiger partial charge in [-0.3, -0.25) is 0 Å². The van der Waals surface area contributed by atoms with Crippen molar-refractivity contribution in [2.45, 2.75) is 40.0 Å². The summed E-state index contributed by atoms with van der Waals surface area (Å²) in [4.78, 5) is 5.54. The first-order chi connectivity index (χ1) is 24.4. The number of hydrogen-bond acceptors (Lipinski definition) is 1. The normalized spacial score (nSPS) is 13.3. The summed E-state index contributed by atoms with van der Waals surface area (Å²) in [6.07, 6.45) is 3.09. The van der Waals surface area contributed by atoms with Gasteiger partial charge in [-0.05, 0) is 49.6 Å². The fourth-order valence-corrected chi connectivity index (χ4v) is 7.06.